The van der Waals surface area contributed by atoms with Crippen LogP contribution in [0.1, 0.15) is 84.0 Å². The molecule has 1 aromatic heterocycles. The Kier molecular flexibility index (Phi) is 8.80. The molecule has 2 unspecified atom stereocenters. The van der Waals surface area contributed by atoms with Crippen LogP contribution in [0.2, 0.25) is 0 Å². The second kappa shape index (κ2) is 10.1. The van der Waals surface area contributed by atoms with Crippen molar-refractivity contribution in [3.8, 4) is 0 Å². The standard InChI is InChI=1S/C20H36O/c1-16(2)8-6-9-17(3)10-7-11-18(4)12-13-20-19(5)14-15-21-20/h14-18H,6-13H2,1-5H3. The van der Waals surface area contributed by atoms with E-state index in [0.717, 1.165) is 24.2 Å². The molecule has 0 aliphatic rings. The monoisotopic (exact) mass is 292 g/mol. The fourth-order valence-corrected chi connectivity index (χ4v) is 3.02. The Morgan fingerprint density at radius 2 is 1.43 bits per heavy atom. The predicted molar refractivity (Wildman–Crippen MR) is 92.6 cm³/mol. The van der Waals surface area contributed by atoms with Gasteiger partial charge in [0.25, 0.3) is 0 Å². The van der Waals surface area contributed by atoms with Gasteiger partial charge in [-0.1, -0.05) is 66.2 Å². The maximum absolute atomic E-state index is 5.52. The summed E-state index contributed by atoms with van der Waals surface area (Å²) in [4.78, 5) is 0. The molecule has 0 aliphatic heterocycles. The van der Waals surface area contributed by atoms with E-state index in [9.17, 15) is 0 Å². The van der Waals surface area contributed by atoms with E-state index in [0.29, 0.717) is 0 Å². The highest BCUT2D eigenvalue weighted by molar-refractivity contribution is 5.14. The van der Waals surface area contributed by atoms with Crippen LogP contribution in [-0.2, 0) is 6.42 Å². The molecule has 2 atom stereocenters. The van der Waals surface area contributed by atoms with E-state index in [-0.39, 0.29) is 0 Å². The summed E-state index contributed by atoms with van der Waals surface area (Å²) >= 11 is 0. The molecule has 0 N–H and O–H groups in total. The Hall–Kier alpha value is -0.720. The SMILES string of the molecule is Cc1ccoc1CCC(C)CCCC(C)CCCC(C)C. The average molecular weight is 293 g/mol. The number of rotatable bonds is 11. The van der Waals surface area contributed by atoms with E-state index in [1.165, 1.54) is 56.3 Å². The predicted octanol–water partition coefficient (Wildman–Crippen LogP) is 6.79. The first kappa shape index (κ1) is 18.3. The highest BCUT2D eigenvalue weighted by atomic mass is 16.3. The van der Waals surface area contributed by atoms with Gasteiger partial charge >= 0.3 is 0 Å². The first-order valence-electron chi connectivity index (χ1n) is 9.02. The van der Waals surface area contributed by atoms with Crippen LogP contribution in [0.5, 0.6) is 0 Å². The van der Waals surface area contributed by atoms with Gasteiger partial charge in [-0.25, -0.2) is 0 Å². The van der Waals surface area contributed by atoms with Gasteiger partial charge in [-0.3, -0.25) is 0 Å². The Bertz CT molecular complexity index is 364. The van der Waals surface area contributed by atoms with Crippen LogP contribution < -0.4 is 0 Å². The van der Waals surface area contributed by atoms with E-state index in [1.807, 2.05) is 6.26 Å². The molecule has 1 heteroatoms. The van der Waals surface area contributed by atoms with Crippen molar-refractivity contribution < 1.29 is 4.42 Å². The molecule has 0 saturated carbocycles. The van der Waals surface area contributed by atoms with Gasteiger partial charge in [0.15, 0.2) is 0 Å². The summed E-state index contributed by atoms with van der Waals surface area (Å²) < 4.78 is 5.52. The van der Waals surface area contributed by atoms with Gasteiger partial charge in [-0.15, -0.1) is 0 Å². The van der Waals surface area contributed by atoms with Crippen LogP contribution in [0, 0.1) is 24.7 Å². The summed E-state index contributed by atoms with van der Waals surface area (Å²) in [7, 11) is 0. The van der Waals surface area contributed by atoms with Crippen molar-refractivity contribution in [2.24, 2.45) is 17.8 Å². The van der Waals surface area contributed by atoms with Crippen molar-refractivity contribution in [3.05, 3.63) is 23.7 Å². The van der Waals surface area contributed by atoms with E-state index in [2.05, 4.69) is 40.7 Å². The zero-order valence-electron chi connectivity index (χ0n) is 15.0. The van der Waals surface area contributed by atoms with Crippen LogP contribution in [0.15, 0.2) is 16.7 Å². The van der Waals surface area contributed by atoms with Crippen LogP contribution in [0.25, 0.3) is 0 Å². The number of furan rings is 1. The molecule has 0 spiro atoms. The number of hydrogen-bond donors (Lipinski definition) is 0. The smallest absolute Gasteiger partial charge is 0.106 e. The summed E-state index contributed by atoms with van der Waals surface area (Å²) in [6, 6.07) is 2.07. The summed E-state index contributed by atoms with van der Waals surface area (Å²) in [5, 5.41) is 0. The van der Waals surface area contributed by atoms with E-state index in [1.54, 1.807) is 0 Å². The van der Waals surface area contributed by atoms with E-state index >= 15 is 0 Å². The fraction of sp³-hybridized carbons (Fsp3) is 0.800. The maximum Gasteiger partial charge on any atom is 0.106 e. The molecule has 0 fully saturated rings. The molecule has 0 amide bonds. The summed E-state index contributed by atoms with van der Waals surface area (Å²) in [6.07, 6.45) is 12.6. The molecule has 0 radical (unpaired) electrons. The van der Waals surface area contributed by atoms with Crippen molar-refractivity contribution in [2.75, 3.05) is 0 Å². The van der Waals surface area contributed by atoms with Crippen LogP contribution >= 0.6 is 0 Å². The van der Waals surface area contributed by atoms with Gasteiger partial charge in [0.2, 0.25) is 0 Å². The molecule has 0 bridgehead atoms. The Morgan fingerprint density at radius 3 is 1.95 bits per heavy atom. The molecule has 0 aliphatic carbocycles. The number of hydrogen-bond acceptors (Lipinski definition) is 1. The van der Waals surface area contributed by atoms with Crippen molar-refractivity contribution in [2.45, 2.75) is 86.0 Å². The van der Waals surface area contributed by atoms with Crippen LogP contribution in [0.3, 0.4) is 0 Å². The molecule has 0 saturated heterocycles. The molecule has 1 nitrogen and oxygen atoms in total. The third-order valence-corrected chi connectivity index (χ3v) is 4.70. The lowest BCUT2D eigenvalue weighted by Gasteiger charge is -2.14. The quantitative estimate of drug-likeness (QED) is 0.437. The second-order valence-corrected chi connectivity index (χ2v) is 7.53. The minimum absolute atomic E-state index is 0.817. The molecule has 1 heterocycles. The summed E-state index contributed by atoms with van der Waals surface area (Å²) in [6.45, 7) is 11.6. The van der Waals surface area contributed by atoms with Gasteiger partial charge in [-0.2, -0.15) is 0 Å². The minimum Gasteiger partial charge on any atom is -0.469 e. The van der Waals surface area contributed by atoms with E-state index < -0.39 is 0 Å². The first-order chi connectivity index (χ1) is 9.99. The normalized spacial score (nSPS) is 14.6. The lowest BCUT2D eigenvalue weighted by atomic mass is 9.92. The van der Waals surface area contributed by atoms with E-state index in [4.69, 9.17) is 4.42 Å². The third-order valence-electron chi connectivity index (χ3n) is 4.70. The molecule has 122 valence electrons. The minimum atomic E-state index is 0.817. The lowest BCUT2D eigenvalue weighted by molar-refractivity contribution is 0.385. The highest BCUT2D eigenvalue weighted by Crippen LogP contribution is 2.22. The zero-order chi connectivity index (χ0) is 15.7. The number of aryl methyl sites for hydroxylation is 2. The molecule has 1 rings (SSSR count). The third kappa shape index (κ3) is 8.34. The molecule has 0 aromatic carbocycles. The van der Waals surface area contributed by atoms with Gasteiger partial charge in [0.05, 0.1) is 6.26 Å². The second-order valence-electron chi connectivity index (χ2n) is 7.53. The van der Waals surface area contributed by atoms with Crippen molar-refractivity contribution in [3.63, 3.8) is 0 Å². The van der Waals surface area contributed by atoms with Gasteiger partial charge < -0.3 is 4.42 Å². The van der Waals surface area contributed by atoms with Crippen molar-refractivity contribution in [1.82, 2.24) is 0 Å². The Labute approximate surface area is 132 Å². The molecular formula is C20H36O. The van der Waals surface area contributed by atoms with Gasteiger partial charge in [0, 0.05) is 6.42 Å². The van der Waals surface area contributed by atoms with Crippen molar-refractivity contribution in [1.29, 1.82) is 0 Å². The highest BCUT2D eigenvalue weighted by Gasteiger charge is 2.08. The molecule has 21 heavy (non-hydrogen) atoms. The first-order valence-corrected chi connectivity index (χ1v) is 9.02. The van der Waals surface area contributed by atoms with Crippen molar-refractivity contribution >= 4 is 0 Å². The Morgan fingerprint density at radius 1 is 0.857 bits per heavy atom. The zero-order valence-corrected chi connectivity index (χ0v) is 15.0. The van der Waals surface area contributed by atoms with Crippen LogP contribution in [0.4, 0.5) is 0 Å². The van der Waals surface area contributed by atoms with Gasteiger partial charge in [-0.05, 0) is 42.7 Å². The summed E-state index contributed by atoms with van der Waals surface area (Å²) in [5.41, 5.74) is 1.31. The maximum atomic E-state index is 5.52. The molecular weight excluding hydrogens is 256 g/mol. The molecule has 1 aromatic rings. The van der Waals surface area contributed by atoms with Crippen LogP contribution in [-0.4, -0.2) is 0 Å². The van der Waals surface area contributed by atoms with Gasteiger partial charge in [0.1, 0.15) is 5.76 Å². The fourth-order valence-electron chi connectivity index (χ4n) is 3.02. The topological polar surface area (TPSA) is 13.1 Å². The lowest BCUT2D eigenvalue weighted by Crippen LogP contribution is -2.01. The summed E-state index contributed by atoms with van der Waals surface area (Å²) in [5.74, 6) is 3.77. The average Bonchev–Trinajstić information content (AvgIpc) is 2.81. The Balaban J connectivity index is 2.05. The largest absolute Gasteiger partial charge is 0.469 e.